The lowest BCUT2D eigenvalue weighted by Gasteiger charge is -2.50. The fourth-order valence-corrected chi connectivity index (χ4v) is 9.13. The number of amides is 2. The second-order valence-corrected chi connectivity index (χ2v) is 16.7. The molecule has 22 nitrogen and oxygen atoms in total. The molecule has 0 aromatic heterocycles. The average molecular weight is 936 g/mol. The highest BCUT2D eigenvalue weighted by Crippen LogP contribution is 2.44. The van der Waals surface area contributed by atoms with E-state index < -0.39 is 109 Å². The van der Waals surface area contributed by atoms with Gasteiger partial charge in [-0.05, 0) is 40.8 Å². The molecule has 67 heavy (non-hydrogen) atoms. The summed E-state index contributed by atoms with van der Waals surface area (Å²) in [6, 6.07) is 20.3. The molecule has 0 bridgehead atoms. The number of carbonyl (C=O) groups is 4. The first-order valence-corrected chi connectivity index (χ1v) is 22.0. The number of alkyl carbamates (subject to hydrolysis) is 2. The van der Waals surface area contributed by atoms with Gasteiger partial charge in [-0.1, -0.05) is 78.3 Å². The zero-order chi connectivity index (χ0) is 47.1. The Kier molecular flexibility index (Phi) is 15.1. The average Bonchev–Trinajstić information content (AvgIpc) is 3.92. The van der Waals surface area contributed by atoms with E-state index in [1.165, 1.54) is 0 Å². The van der Waals surface area contributed by atoms with Gasteiger partial charge in [0.1, 0.15) is 48.8 Å². The molecule has 5 fully saturated rings. The fraction of sp³-hybridized carbons (Fsp3) is 0.556. The maximum atomic E-state index is 14.2. The van der Waals surface area contributed by atoms with Crippen molar-refractivity contribution < 1.29 is 81.5 Å². The molecule has 5 heterocycles. The highest BCUT2D eigenvalue weighted by atomic mass is 16.8. The zero-order valence-electron chi connectivity index (χ0n) is 36.7. The van der Waals surface area contributed by atoms with Crippen molar-refractivity contribution in [1.29, 1.82) is 0 Å². The first-order valence-electron chi connectivity index (χ1n) is 22.0. The summed E-state index contributed by atoms with van der Waals surface area (Å²) in [7, 11) is 2.23. The van der Waals surface area contributed by atoms with Crippen LogP contribution in [0.2, 0.25) is 0 Å². The number of carbonyl (C=O) groups excluding carboxylic acids is 4. The van der Waals surface area contributed by atoms with Crippen molar-refractivity contribution in [3.05, 3.63) is 94.4 Å². The van der Waals surface area contributed by atoms with Gasteiger partial charge in [-0.15, -0.1) is 0 Å². The molecule has 2 amide bonds. The molecule has 0 aliphatic carbocycles. The third-order valence-corrected chi connectivity index (χ3v) is 12.4. The van der Waals surface area contributed by atoms with Crippen molar-refractivity contribution in [3.8, 4) is 0 Å². The van der Waals surface area contributed by atoms with Gasteiger partial charge in [-0.2, -0.15) is 0 Å². The molecule has 13 atom stereocenters. The summed E-state index contributed by atoms with van der Waals surface area (Å²) in [6.07, 6.45) is -13.3. The summed E-state index contributed by atoms with van der Waals surface area (Å²) in [5.41, 5.74) is 10.0. The Morgan fingerprint density at radius 2 is 1.54 bits per heavy atom. The maximum Gasteiger partial charge on any atom is 0.407 e. The number of aliphatic hydroxyl groups is 2. The summed E-state index contributed by atoms with van der Waals surface area (Å²) >= 11 is 0. The Bertz CT molecular complexity index is 2290. The standard InChI is InChI=1S/C45H53N5O17/c1-57-40(53)44(61-18-10-4-9-17-47-50-46)20-30-34(49-43(56)62-30)38(67-44)36-32(24-60-39(64-36)28-16-15-26-13-7-8-14-27(26)19-28)65-45(41(54)58-2)21-31-33(48-42(55)63-31)37(66-45)35(52)29(51)23-59-22-25-11-5-3-6-12-25/h3,5-8,11-16,19,29-39,51-52H,4,9-10,17-18,20-24H2,1-2H3,(H,48,55)(H,49,56)/t29-,30+,31+,32-,33-,34-,35-,36-,37-,38-,39?,44-,45-/m1/s1. The monoisotopic (exact) mass is 935 g/mol. The second kappa shape index (κ2) is 21.1. The maximum absolute atomic E-state index is 14.2. The molecular formula is C45H53N5O17. The fourth-order valence-electron chi connectivity index (χ4n) is 9.13. The molecule has 0 radical (unpaired) electrons. The van der Waals surface area contributed by atoms with Crippen LogP contribution in [0.25, 0.3) is 21.2 Å². The number of nitrogens with one attached hydrogen (secondary N) is 2. The molecule has 3 aromatic carbocycles. The number of methoxy groups -OCH3 is 2. The third-order valence-electron chi connectivity index (χ3n) is 12.4. The molecule has 4 N–H and O–H groups in total. The zero-order valence-corrected chi connectivity index (χ0v) is 36.7. The number of esters is 2. The lowest BCUT2D eigenvalue weighted by molar-refractivity contribution is -0.375. The van der Waals surface area contributed by atoms with Crippen molar-refractivity contribution in [2.75, 3.05) is 40.6 Å². The Hall–Kier alpha value is -5.65. The van der Waals surface area contributed by atoms with Gasteiger partial charge in [0.05, 0.1) is 65.6 Å². The predicted molar refractivity (Wildman–Crippen MR) is 227 cm³/mol. The summed E-state index contributed by atoms with van der Waals surface area (Å²) in [6.45, 7) is -0.357. The van der Waals surface area contributed by atoms with Crippen molar-refractivity contribution in [2.24, 2.45) is 5.11 Å². The molecule has 3 aromatic rings. The normalized spacial score (nSPS) is 32.0. The lowest BCUT2D eigenvalue weighted by atomic mass is 9.87. The van der Waals surface area contributed by atoms with Crippen LogP contribution in [0.1, 0.15) is 49.5 Å². The minimum Gasteiger partial charge on any atom is -0.465 e. The molecule has 8 rings (SSSR count). The Labute approximate surface area is 383 Å². The van der Waals surface area contributed by atoms with Crippen LogP contribution in [0, 0.1) is 0 Å². The van der Waals surface area contributed by atoms with E-state index in [-0.39, 0.29) is 39.4 Å². The summed E-state index contributed by atoms with van der Waals surface area (Å²) in [5.74, 6) is -6.69. The number of nitrogens with zero attached hydrogens (tertiary/aromatic N) is 3. The molecule has 5 aliphatic rings. The minimum absolute atomic E-state index is 0.0212. The molecule has 0 saturated carbocycles. The van der Waals surface area contributed by atoms with E-state index in [0.717, 1.165) is 30.6 Å². The van der Waals surface area contributed by atoms with Gasteiger partial charge >= 0.3 is 24.1 Å². The predicted octanol–water partition coefficient (Wildman–Crippen LogP) is 3.35. The second-order valence-electron chi connectivity index (χ2n) is 16.7. The van der Waals surface area contributed by atoms with Crippen LogP contribution in [0.4, 0.5) is 9.59 Å². The van der Waals surface area contributed by atoms with E-state index >= 15 is 0 Å². The summed E-state index contributed by atoms with van der Waals surface area (Å²) in [5, 5.41) is 33.7. The molecule has 0 spiro atoms. The van der Waals surface area contributed by atoms with E-state index in [2.05, 4.69) is 20.7 Å². The van der Waals surface area contributed by atoms with Crippen molar-refractivity contribution in [3.63, 3.8) is 0 Å². The van der Waals surface area contributed by atoms with Crippen LogP contribution in [0.5, 0.6) is 0 Å². The van der Waals surface area contributed by atoms with Crippen LogP contribution in [-0.2, 0) is 68.3 Å². The van der Waals surface area contributed by atoms with Crippen molar-refractivity contribution in [2.45, 2.75) is 117 Å². The van der Waals surface area contributed by atoms with Crippen LogP contribution in [0.3, 0.4) is 0 Å². The minimum atomic E-state index is -2.49. The number of rotatable bonds is 19. The molecular weight excluding hydrogens is 883 g/mol. The van der Waals surface area contributed by atoms with Gasteiger partial charge in [0.2, 0.25) is 0 Å². The van der Waals surface area contributed by atoms with Crippen molar-refractivity contribution >= 4 is 34.9 Å². The van der Waals surface area contributed by atoms with Gasteiger partial charge in [0.15, 0.2) is 6.29 Å². The van der Waals surface area contributed by atoms with Gasteiger partial charge in [0.25, 0.3) is 11.6 Å². The van der Waals surface area contributed by atoms with Gasteiger partial charge in [-0.25, -0.2) is 19.2 Å². The molecule has 22 heteroatoms. The number of benzene rings is 3. The molecule has 360 valence electrons. The summed E-state index contributed by atoms with van der Waals surface area (Å²) in [4.78, 5) is 56.6. The SMILES string of the molecule is COC(=O)[C@@]1(O[C@@H]2COC(c3ccc4ccccc4c3)O[C@H]2[C@@H]2O[C@@](OCCCCCN=[N+]=[N-])(C(=O)OC)C[C@@H]3OC(=O)N[C@@H]23)C[C@@H]2OC(=O)N[C@H]2[C@H]([C@H](O)[C@H](O)COCc2ccccc2)O1. The van der Waals surface area contributed by atoms with Gasteiger partial charge in [-0.3, -0.25) is 0 Å². The van der Waals surface area contributed by atoms with E-state index in [4.69, 9.17) is 57.6 Å². The first-order chi connectivity index (χ1) is 32.5. The number of fused-ring (bicyclic) bond motifs is 3. The first kappa shape index (κ1) is 47.8. The van der Waals surface area contributed by atoms with Crippen LogP contribution in [0.15, 0.2) is 77.9 Å². The quantitative estimate of drug-likeness (QED) is 0.0335. The van der Waals surface area contributed by atoms with Crippen molar-refractivity contribution in [1.82, 2.24) is 10.6 Å². The molecule has 5 saturated heterocycles. The third kappa shape index (κ3) is 10.4. The van der Waals surface area contributed by atoms with E-state index in [1.54, 1.807) is 0 Å². The van der Waals surface area contributed by atoms with Crippen LogP contribution < -0.4 is 10.6 Å². The Morgan fingerprint density at radius 1 is 0.851 bits per heavy atom. The van der Waals surface area contributed by atoms with Gasteiger partial charge in [0, 0.05) is 17.0 Å². The Morgan fingerprint density at radius 3 is 2.28 bits per heavy atom. The highest BCUT2D eigenvalue weighted by molar-refractivity contribution is 5.83. The Balaban J connectivity index is 1.12. The van der Waals surface area contributed by atoms with E-state index in [0.29, 0.717) is 24.8 Å². The number of hydrogen-bond acceptors (Lipinski definition) is 18. The topological polar surface area (TPSA) is 283 Å². The molecule has 5 aliphatic heterocycles. The van der Waals surface area contributed by atoms with Gasteiger partial charge < -0.3 is 73.0 Å². The number of aliphatic hydroxyl groups excluding tert-OH is 2. The van der Waals surface area contributed by atoms with E-state index in [1.807, 2.05) is 72.8 Å². The number of unbranched alkanes of at least 4 members (excludes halogenated alkanes) is 2. The smallest absolute Gasteiger partial charge is 0.407 e. The largest absolute Gasteiger partial charge is 0.465 e. The van der Waals surface area contributed by atoms with Crippen LogP contribution in [-0.4, -0.2) is 147 Å². The van der Waals surface area contributed by atoms with Crippen LogP contribution >= 0.6 is 0 Å². The summed E-state index contributed by atoms with van der Waals surface area (Å²) < 4.78 is 66.6. The molecule has 1 unspecified atom stereocenters. The number of hydrogen-bond donors (Lipinski definition) is 4. The lowest BCUT2D eigenvalue weighted by Crippen LogP contribution is -2.69. The number of azide groups is 1. The van der Waals surface area contributed by atoms with E-state index in [9.17, 15) is 29.4 Å². The number of ether oxygens (including phenoxy) is 11. The highest BCUT2D eigenvalue weighted by Gasteiger charge is 2.64.